The van der Waals surface area contributed by atoms with E-state index in [9.17, 15) is 19.2 Å². The monoisotopic (exact) mass is 361 g/mol. The van der Waals surface area contributed by atoms with E-state index in [2.05, 4.69) is 0 Å². The Morgan fingerprint density at radius 1 is 0.958 bits per heavy atom. The van der Waals surface area contributed by atoms with E-state index >= 15 is 0 Å². The molecule has 0 N–H and O–H groups in total. The zero-order valence-corrected chi connectivity index (χ0v) is 17.4. The molecule has 142 valence electrons. The highest BCUT2D eigenvalue weighted by Crippen LogP contribution is 2.25. The van der Waals surface area contributed by atoms with Gasteiger partial charge in [0.05, 0.1) is 5.25 Å². The molecule has 1 heterocycles. The van der Waals surface area contributed by atoms with Crippen molar-refractivity contribution in [3.63, 3.8) is 0 Å². The summed E-state index contributed by atoms with van der Waals surface area (Å²) >= 11 is 1.34. The number of thioether (sulfide) groups is 1. The van der Waals surface area contributed by atoms with Crippen LogP contribution in [0.25, 0.3) is 0 Å². The molecular weight excluding hydrogens is 326 g/mol. The van der Waals surface area contributed by atoms with Crippen LogP contribution in [0.3, 0.4) is 0 Å². The second-order valence-corrected chi connectivity index (χ2v) is 5.66. The molecule has 0 spiro atoms. The number of hydrogen-bond acceptors (Lipinski definition) is 5. The van der Waals surface area contributed by atoms with Crippen LogP contribution in [0, 0.1) is 0 Å². The standard InChI is InChI=1S/C12H17NO4S.3C2H6/c1-8(14)3-5-13-11(16)7-10(12(13)17)18-6-4-9(2)15;3*1-2/h10H,3-7H2,1-2H3;3*1-2H3. The minimum Gasteiger partial charge on any atom is -0.300 e. The highest BCUT2D eigenvalue weighted by atomic mass is 32.2. The molecule has 1 saturated heterocycles. The minimum atomic E-state index is -0.385. The van der Waals surface area contributed by atoms with Crippen molar-refractivity contribution in [1.29, 1.82) is 0 Å². The maximum absolute atomic E-state index is 11.9. The first-order valence-corrected chi connectivity index (χ1v) is 9.91. The number of Topliss-reactive ketones (excluding diaryl/α,β-unsaturated/α-hetero) is 2. The van der Waals surface area contributed by atoms with Crippen molar-refractivity contribution in [2.75, 3.05) is 12.3 Å². The molecule has 0 aromatic rings. The lowest BCUT2D eigenvalue weighted by Gasteiger charge is -2.13. The Hall–Kier alpha value is -1.17. The van der Waals surface area contributed by atoms with Gasteiger partial charge in [-0.25, -0.2) is 0 Å². The van der Waals surface area contributed by atoms with Crippen molar-refractivity contribution < 1.29 is 19.2 Å². The van der Waals surface area contributed by atoms with E-state index in [0.717, 1.165) is 4.90 Å². The Labute approximate surface area is 151 Å². The highest BCUT2D eigenvalue weighted by Gasteiger charge is 2.38. The highest BCUT2D eigenvalue weighted by molar-refractivity contribution is 8.00. The minimum absolute atomic E-state index is 0.0386. The molecule has 0 aromatic carbocycles. The molecule has 0 saturated carbocycles. The molecule has 2 amide bonds. The van der Waals surface area contributed by atoms with E-state index in [4.69, 9.17) is 0 Å². The number of imide groups is 1. The lowest BCUT2D eigenvalue weighted by atomic mass is 10.3. The van der Waals surface area contributed by atoms with Gasteiger partial charge in [-0.15, -0.1) is 11.8 Å². The number of amides is 2. The molecule has 1 unspecified atom stereocenters. The van der Waals surface area contributed by atoms with Crippen LogP contribution in [0.2, 0.25) is 0 Å². The molecule has 6 heteroatoms. The smallest absolute Gasteiger partial charge is 0.242 e. The van der Waals surface area contributed by atoms with Crippen LogP contribution in [-0.4, -0.2) is 45.8 Å². The Kier molecular flexibility index (Phi) is 20.9. The van der Waals surface area contributed by atoms with E-state index in [0.29, 0.717) is 12.2 Å². The third-order valence-corrected chi connectivity index (χ3v) is 3.87. The molecule has 1 aliphatic rings. The van der Waals surface area contributed by atoms with Crippen LogP contribution < -0.4 is 0 Å². The number of hydrogen-bond donors (Lipinski definition) is 0. The number of likely N-dealkylation sites (tertiary alicyclic amines) is 1. The fourth-order valence-corrected chi connectivity index (χ4v) is 2.85. The number of ketones is 2. The molecule has 0 radical (unpaired) electrons. The predicted molar refractivity (Wildman–Crippen MR) is 102 cm³/mol. The molecule has 24 heavy (non-hydrogen) atoms. The van der Waals surface area contributed by atoms with Crippen LogP contribution >= 0.6 is 11.8 Å². The van der Waals surface area contributed by atoms with Gasteiger partial charge in [0.15, 0.2) is 0 Å². The third-order valence-electron chi connectivity index (χ3n) is 2.66. The summed E-state index contributed by atoms with van der Waals surface area (Å²) in [5, 5.41) is -0.385. The summed E-state index contributed by atoms with van der Waals surface area (Å²) in [6, 6.07) is 0. The Morgan fingerprint density at radius 3 is 1.83 bits per heavy atom. The molecule has 5 nitrogen and oxygen atoms in total. The zero-order valence-electron chi connectivity index (χ0n) is 16.6. The third kappa shape index (κ3) is 12.3. The first kappa shape index (κ1) is 27.7. The lowest BCUT2D eigenvalue weighted by molar-refractivity contribution is -0.138. The molecule has 0 aliphatic carbocycles. The number of carbonyl (C=O) groups is 4. The van der Waals surface area contributed by atoms with Crippen LogP contribution in [0.5, 0.6) is 0 Å². The van der Waals surface area contributed by atoms with Crippen LogP contribution in [0.4, 0.5) is 0 Å². The lowest BCUT2D eigenvalue weighted by Crippen LogP contribution is -2.33. The average Bonchev–Trinajstić information content (AvgIpc) is 2.85. The first-order chi connectivity index (χ1) is 11.4. The van der Waals surface area contributed by atoms with Crippen molar-refractivity contribution in [2.24, 2.45) is 0 Å². The van der Waals surface area contributed by atoms with Gasteiger partial charge in [0.1, 0.15) is 11.6 Å². The summed E-state index contributed by atoms with van der Waals surface area (Å²) in [5.74, 6) is 0.145. The van der Waals surface area contributed by atoms with E-state index in [1.807, 2.05) is 41.5 Å². The normalized spacial score (nSPS) is 15.3. The fraction of sp³-hybridized carbons (Fsp3) is 0.778. The molecule has 1 atom stereocenters. The molecule has 0 bridgehead atoms. The maximum atomic E-state index is 11.9. The Balaban J connectivity index is -0.000000659. The van der Waals surface area contributed by atoms with E-state index in [1.54, 1.807) is 0 Å². The molecule has 1 aliphatic heterocycles. The van der Waals surface area contributed by atoms with Gasteiger partial charge in [-0.2, -0.15) is 0 Å². The van der Waals surface area contributed by atoms with E-state index < -0.39 is 0 Å². The summed E-state index contributed by atoms with van der Waals surface area (Å²) in [7, 11) is 0. The Bertz CT molecular complexity index is 383. The topological polar surface area (TPSA) is 71.5 Å². The maximum Gasteiger partial charge on any atom is 0.242 e. The van der Waals surface area contributed by atoms with Gasteiger partial charge in [0, 0.05) is 31.6 Å². The largest absolute Gasteiger partial charge is 0.300 e. The summed E-state index contributed by atoms with van der Waals surface area (Å²) in [4.78, 5) is 46.3. The van der Waals surface area contributed by atoms with Gasteiger partial charge in [0.25, 0.3) is 0 Å². The number of carbonyl (C=O) groups excluding carboxylic acids is 4. The van der Waals surface area contributed by atoms with Gasteiger partial charge in [-0.1, -0.05) is 41.5 Å². The fourth-order valence-electron chi connectivity index (χ4n) is 1.63. The van der Waals surface area contributed by atoms with Gasteiger partial charge in [-0.05, 0) is 13.8 Å². The van der Waals surface area contributed by atoms with Crippen molar-refractivity contribution in [2.45, 2.75) is 79.9 Å². The SMILES string of the molecule is CC.CC.CC.CC(=O)CCSC1CC(=O)N(CCC(C)=O)C1=O. The van der Waals surface area contributed by atoms with Gasteiger partial charge in [0.2, 0.25) is 11.8 Å². The molecule has 1 rings (SSSR count). The van der Waals surface area contributed by atoms with Crippen LogP contribution in [-0.2, 0) is 19.2 Å². The van der Waals surface area contributed by atoms with Crippen molar-refractivity contribution >= 4 is 35.1 Å². The van der Waals surface area contributed by atoms with Crippen molar-refractivity contribution in [3.8, 4) is 0 Å². The van der Waals surface area contributed by atoms with Crippen LogP contribution in [0.15, 0.2) is 0 Å². The van der Waals surface area contributed by atoms with Gasteiger partial charge < -0.3 is 0 Å². The van der Waals surface area contributed by atoms with E-state index in [-0.39, 0.29) is 48.0 Å². The average molecular weight is 362 g/mol. The zero-order chi connectivity index (χ0) is 19.7. The van der Waals surface area contributed by atoms with E-state index in [1.165, 1.54) is 25.6 Å². The predicted octanol–water partition coefficient (Wildman–Crippen LogP) is 3.88. The van der Waals surface area contributed by atoms with Gasteiger partial charge in [-0.3, -0.25) is 24.1 Å². The molecule has 0 aromatic heterocycles. The first-order valence-electron chi connectivity index (χ1n) is 8.86. The van der Waals surface area contributed by atoms with Crippen molar-refractivity contribution in [1.82, 2.24) is 4.90 Å². The summed E-state index contributed by atoms with van der Waals surface area (Å²) < 4.78 is 0. The molecule has 1 fully saturated rings. The van der Waals surface area contributed by atoms with Crippen LogP contribution in [0.1, 0.15) is 74.7 Å². The quantitative estimate of drug-likeness (QED) is 0.643. The second kappa shape index (κ2) is 18.2. The summed E-state index contributed by atoms with van der Waals surface area (Å²) in [5.41, 5.74) is 0. The Morgan fingerprint density at radius 2 is 1.42 bits per heavy atom. The summed E-state index contributed by atoms with van der Waals surface area (Å²) in [6.07, 6.45) is 0.803. The summed E-state index contributed by atoms with van der Waals surface area (Å²) in [6.45, 7) is 15.1. The van der Waals surface area contributed by atoms with Crippen molar-refractivity contribution in [3.05, 3.63) is 0 Å². The number of rotatable bonds is 7. The molecular formula is C18H35NO4S. The van der Waals surface area contributed by atoms with Gasteiger partial charge >= 0.3 is 0 Å². The number of nitrogens with zero attached hydrogens (tertiary/aromatic N) is 1. The second-order valence-electron chi connectivity index (χ2n) is 4.35.